The molecule has 0 amide bonds. The van der Waals surface area contributed by atoms with E-state index in [0.29, 0.717) is 5.56 Å². The fraction of sp³-hybridized carbons (Fsp3) is 0.200. The van der Waals surface area contributed by atoms with Crippen LogP contribution in [0.2, 0.25) is 0 Å². The number of nitrogens with zero attached hydrogens (tertiary/aromatic N) is 1. The van der Waals surface area contributed by atoms with Crippen LogP contribution in [0.5, 0.6) is 0 Å². The Hall–Kier alpha value is -2.24. The molecule has 0 radical (unpaired) electrons. The molecule has 0 atom stereocenters. The average Bonchev–Trinajstić information content (AvgIpc) is 2.26. The lowest BCUT2D eigenvalue weighted by Gasteiger charge is -2.04. The van der Waals surface area contributed by atoms with E-state index < -0.39 is 16.6 Å². The van der Waals surface area contributed by atoms with Gasteiger partial charge in [-0.3, -0.25) is 14.9 Å². The molecule has 6 nitrogen and oxygen atoms in total. The number of benzene rings is 1. The van der Waals surface area contributed by atoms with Gasteiger partial charge in [0.2, 0.25) is 0 Å². The Bertz CT molecular complexity index is 467. The number of hydrogen-bond donors (Lipinski definition) is 0. The number of hydrogen-bond acceptors (Lipinski definition) is 5. The van der Waals surface area contributed by atoms with Crippen molar-refractivity contribution in [2.24, 2.45) is 0 Å². The highest BCUT2D eigenvalue weighted by molar-refractivity contribution is 6.01. The fourth-order valence-corrected chi connectivity index (χ4v) is 1.33. The van der Waals surface area contributed by atoms with Crippen molar-refractivity contribution in [3.63, 3.8) is 0 Å². The van der Waals surface area contributed by atoms with Crippen LogP contribution in [0.1, 0.15) is 26.3 Å². The fourth-order valence-electron chi connectivity index (χ4n) is 1.33. The van der Waals surface area contributed by atoms with Gasteiger partial charge in [0.1, 0.15) is 5.56 Å². The summed E-state index contributed by atoms with van der Waals surface area (Å²) < 4.78 is 4.45. The normalized spacial score (nSPS) is 9.62. The number of nitro groups is 1. The van der Waals surface area contributed by atoms with Crippen LogP contribution in [0, 0.1) is 17.0 Å². The molecule has 1 aromatic rings. The number of ether oxygens (including phenoxy) is 1. The quantitative estimate of drug-likeness (QED) is 0.335. The molecule has 0 spiro atoms. The van der Waals surface area contributed by atoms with Crippen molar-refractivity contribution in [3.05, 3.63) is 38.9 Å². The monoisotopic (exact) mass is 223 g/mol. The molecule has 0 bridgehead atoms. The van der Waals surface area contributed by atoms with E-state index in [9.17, 15) is 19.7 Å². The second-order valence-electron chi connectivity index (χ2n) is 3.11. The number of nitro benzene ring substituents is 1. The molecule has 1 aromatic carbocycles. The molecule has 0 N–H and O–H groups in total. The van der Waals surface area contributed by atoms with Crippen molar-refractivity contribution in [1.82, 2.24) is 0 Å². The van der Waals surface area contributed by atoms with Gasteiger partial charge < -0.3 is 4.74 Å². The zero-order valence-corrected chi connectivity index (χ0v) is 8.72. The van der Waals surface area contributed by atoms with Crippen molar-refractivity contribution >= 4 is 17.9 Å². The Morgan fingerprint density at radius 1 is 1.50 bits per heavy atom. The van der Waals surface area contributed by atoms with Crippen LogP contribution in [0.4, 0.5) is 5.69 Å². The molecular formula is C10H9NO5. The van der Waals surface area contributed by atoms with Crippen LogP contribution in [0.3, 0.4) is 0 Å². The molecule has 84 valence electrons. The Labute approximate surface area is 91.0 Å². The number of methoxy groups -OCH3 is 1. The molecule has 0 fully saturated rings. The van der Waals surface area contributed by atoms with Gasteiger partial charge in [-0.25, -0.2) is 4.79 Å². The van der Waals surface area contributed by atoms with E-state index >= 15 is 0 Å². The maximum Gasteiger partial charge on any atom is 0.338 e. The molecule has 1 rings (SSSR count). The van der Waals surface area contributed by atoms with E-state index in [4.69, 9.17) is 0 Å². The third kappa shape index (κ3) is 2.05. The topological polar surface area (TPSA) is 86.5 Å². The Kier molecular flexibility index (Phi) is 3.34. The summed E-state index contributed by atoms with van der Waals surface area (Å²) in [5.41, 5.74) is -0.236. The number of aldehydes is 1. The number of esters is 1. The molecule has 0 heterocycles. The SMILES string of the molecule is COC(=O)c1cc(C)cc([N+](=O)[O-])c1C=O. The predicted molar refractivity (Wildman–Crippen MR) is 54.6 cm³/mol. The molecular weight excluding hydrogens is 214 g/mol. The maximum atomic E-state index is 11.3. The largest absolute Gasteiger partial charge is 0.465 e. The minimum absolute atomic E-state index is 0.0933. The second-order valence-corrected chi connectivity index (χ2v) is 3.11. The van der Waals surface area contributed by atoms with Crippen molar-refractivity contribution < 1.29 is 19.2 Å². The molecule has 0 saturated carbocycles. The van der Waals surface area contributed by atoms with E-state index in [1.54, 1.807) is 6.92 Å². The Morgan fingerprint density at radius 2 is 2.12 bits per heavy atom. The zero-order chi connectivity index (χ0) is 12.3. The number of rotatable bonds is 3. The maximum absolute atomic E-state index is 11.3. The number of carbonyl (C=O) groups excluding carboxylic acids is 2. The lowest BCUT2D eigenvalue weighted by Crippen LogP contribution is -2.08. The third-order valence-corrected chi connectivity index (χ3v) is 2.02. The minimum Gasteiger partial charge on any atom is -0.465 e. The van der Waals surface area contributed by atoms with E-state index in [-0.39, 0.29) is 17.4 Å². The highest BCUT2D eigenvalue weighted by Gasteiger charge is 2.22. The Balaban J connectivity index is 3.54. The summed E-state index contributed by atoms with van der Waals surface area (Å²) in [5, 5.41) is 10.7. The molecule has 16 heavy (non-hydrogen) atoms. The van der Waals surface area contributed by atoms with Crippen molar-refractivity contribution in [3.8, 4) is 0 Å². The van der Waals surface area contributed by atoms with Gasteiger partial charge in [0.25, 0.3) is 5.69 Å². The minimum atomic E-state index is -0.770. The van der Waals surface area contributed by atoms with Gasteiger partial charge in [0.05, 0.1) is 17.6 Å². The first-order valence-corrected chi connectivity index (χ1v) is 4.33. The van der Waals surface area contributed by atoms with Crippen molar-refractivity contribution in [2.45, 2.75) is 6.92 Å². The molecule has 0 aliphatic heterocycles. The van der Waals surface area contributed by atoms with Crippen LogP contribution >= 0.6 is 0 Å². The summed E-state index contributed by atoms with van der Waals surface area (Å²) in [5.74, 6) is -0.770. The molecule has 0 saturated heterocycles. The molecule has 0 aromatic heterocycles. The first-order valence-electron chi connectivity index (χ1n) is 4.33. The molecule has 6 heteroatoms. The first kappa shape index (κ1) is 11.8. The smallest absolute Gasteiger partial charge is 0.338 e. The lowest BCUT2D eigenvalue weighted by molar-refractivity contribution is -0.385. The average molecular weight is 223 g/mol. The van der Waals surface area contributed by atoms with Gasteiger partial charge in [0.15, 0.2) is 6.29 Å². The summed E-state index contributed by atoms with van der Waals surface area (Å²) in [7, 11) is 1.14. The van der Waals surface area contributed by atoms with E-state index in [1.807, 2.05) is 0 Å². The molecule has 0 unspecified atom stereocenters. The Morgan fingerprint density at radius 3 is 2.56 bits per heavy atom. The number of aryl methyl sites for hydroxylation is 1. The van der Waals surface area contributed by atoms with Gasteiger partial charge >= 0.3 is 5.97 Å². The molecule has 0 aliphatic carbocycles. The van der Waals surface area contributed by atoms with E-state index in [2.05, 4.69) is 4.74 Å². The van der Waals surface area contributed by atoms with Crippen LogP contribution in [0.25, 0.3) is 0 Å². The second kappa shape index (κ2) is 4.52. The zero-order valence-electron chi connectivity index (χ0n) is 8.72. The van der Waals surface area contributed by atoms with E-state index in [1.165, 1.54) is 12.1 Å². The summed E-state index contributed by atoms with van der Waals surface area (Å²) in [4.78, 5) is 32.1. The summed E-state index contributed by atoms with van der Waals surface area (Å²) in [6.07, 6.45) is 0.282. The highest BCUT2D eigenvalue weighted by Crippen LogP contribution is 2.23. The van der Waals surface area contributed by atoms with Gasteiger partial charge in [-0.15, -0.1) is 0 Å². The lowest BCUT2D eigenvalue weighted by atomic mass is 10.0. The highest BCUT2D eigenvalue weighted by atomic mass is 16.6. The van der Waals surface area contributed by atoms with Crippen LogP contribution in [-0.2, 0) is 4.74 Å². The van der Waals surface area contributed by atoms with Gasteiger partial charge in [0, 0.05) is 6.07 Å². The van der Waals surface area contributed by atoms with E-state index in [0.717, 1.165) is 7.11 Å². The summed E-state index contributed by atoms with van der Waals surface area (Å²) >= 11 is 0. The van der Waals surface area contributed by atoms with Gasteiger partial charge in [-0.1, -0.05) is 0 Å². The van der Waals surface area contributed by atoms with Gasteiger partial charge in [-0.2, -0.15) is 0 Å². The van der Waals surface area contributed by atoms with Gasteiger partial charge in [-0.05, 0) is 18.6 Å². The molecule has 0 aliphatic rings. The van der Waals surface area contributed by atoms with Crippen molar-refractivity contribution in [2.75, 3.05) is 7.11 Å². The van der Waals surface area contributed by atoms with Crippen LogP contribution in [0.15, 0.2) is 12.1 Å². The third-order valence-electron chi connectivity index (χ3n) is 2.02. The van der Waals surface area contributed by atoms with Crippen LogP contribution in [-0.4, -0.2) is 24.3 Å². The van der Waals surface area contributed by atoms with Crippen LogP contribution < -0.4 is 0 Å². The van der Waals surface area contributed by atoms with Crippen molar-refractivity contribution in [1.29, 1.82) is 0 Å². The summed E-state index contributed by atoms with van der Waals surface area (Å²) in [6, 6.07) is 2.61. The summed E-state index contributed by atoms with van der Waals surface area (Å²) in [6.45, 7) is 1.59. The number of carbonyl (C=O) groups is 2. The first-order chi connectivity index (χ1) is 7.51. The standard InChI is InChI=1S/C10H9NO5/c1-6-3-7(10(13)16-2)8(5-12)9(4-6)11(14)15/h3-5H,1-2H3. The predicted octanol–water partition coefficient (Wildman–Crippen LogP) is 1.50.